The summed E-state index contributed by atoms with van der Waals surface area (Å²) >= 11 is 11.9. The van der Waals surface area contributed by atoms with Crippen LogP contribution in [0.3, 0.4) is 0 Å². The average Bonchev–Trinajstić information content (AvgIpc) is 3.00. The first-order valence-corrected chi connectivity index (χ1v) is 10.7. The molecule has 5 nitrogen and oxygen atoms in total. The standard InChI is InChI=1S/C16H22ClN3O2S2/c1-3-7-19-14-5-4-12(17)9-15(14)20(16(19)23)11-18(2)13-6-8-24(21,22)10-13/h4-5,9,13H,3,6-8,10-11H2,1-2H3. The highest BCUT2D eigenvalue weighted by molar-refractivity contribution is 7.91. The van der Waals surface area contributed by atoms with Gasteiger partial charge in [0.1, 0.15) is 0 Å². The molecule has 0 bridgehead atoms. The molecule has 1 aromatic carbocycles. The Morgan fingerprint density at radius 3 is 2.71 bits per heavy atom. The predicted molar refractivity (Wildman–Crippen MR) is 101 cm³/mol. The number of rotatable bonds is 5. The third kappa shape index (κ3) is 3.40. The lowest BCUT2D eigenvalue weighted by molar-refractivity contribution is 0.210. The molecule has 0 saturated carbocycles. The largest absolute Gasteiger partial charge is 0.317 e. The molecule has 0 aliphatic carbocycles. The van der Waals surface area contributed by atoms with E-state index < -0.39 is 9.84 Å². The van der Waals surface area contributed by atoms with Gasteiger partial charge in [0.15, 0.2) is 14.6 Å². The number of hydrogen-bond donors (Lipinski definition) is 0. The Morgan fingerprint density at radius 2 is 2.08 bits per heavy atom. The maximum Gasteiger partial charge on any atom is 0.181 e. The summed E-state index contributed by atoms with van der Waals surface area (Å²) in [5, 5.41) is 0.672. The Morgan fingerprint density at radius 1 is 1.33 bits per heavy atom. The van der Waals surface area contributed by atoms with E-state index in [-0.39, 0.29) is 17.5 Å². The van der Waals surface area contributed by atoms with E-state index in [4.69, 9.17) is 23.8 Å². The minimum absolute atomic E-state index is 0.0423. The minimum Gasteiger partial charge on any atom is -0.317 e. The van der Waals surface area contributed by atoms with Gasteiger partial charge in [-0.2, -0.15) is 0 Å². The highest BCUT2D eigenvalue weighted by Gasteiger charge is 2.31. The maximum absolute atomic E-state index is 11.7. The van der Waals surface area contributed by atoms with Gasteiger partial charge in [-0.25, -0.2) is 8.42 Å². The molecule has 1 atom stereocenters. The van der Waals surface area contributed by atoms with Crippen molar-refractivity contribution in [3.05, 3.63) is 28.0 Å². The number of halogens is 1. The molecule has 3 rings (SSSR count). The Balaban J connectivity index is 1.98. The molecule has 1 fully saturated rings. The number of imidazole rings is 1. The summed E-state index contributed by atoms with van der Waals surface area (Å²) in [6, 6.07) is 5.85. The molecule has 1 aromatic heterocycles. The van der Waals surface area contributed by atoms with Crippen LogP contribution in [0.4, 0.5) is 0 Å². The van der Waals surface area contributed by atoms with Gasteiger partial charge in [-0.05, 0) is 50.3 Å². The Kier molecular flexibility index (Phi) is 5.06. The predicted octanol–water partition coefficient (Wildman–Crippen LogP) is 3.31. The summed E-state index contributed by atoms with van der Waals surface area (Å²) in [5.74, 6) is 0.502. The van der Waals surface area contributed by atoms with Crippen LogP contribution in [0.15, 0.2) is 18.2 Å². The van der Waals surface area contributed by atoms with Gasteiger partial charge >= 0.3 is 0 Å². The van der Waals surface area contributed by atoms with Gasteiger partial charge in [0.2, 0.25) is 0 Å². The smallest absolute Gasteiger partial charge is 0.181 e. The summed E-state index contributed by atoms with van der Waals surface area (Å²) in [6.45, 7) is 3.54. The lowest BCUT2D eigenvalue weighted by Crippen LogP contribution is -2.34. The van der Waals surface area contributed by atoms with Crippen molar-refractivity contribution in [1.82, 2.24) is 14.0 Å². The van der Waals surface area contributed by atoms with Crippen molar-refractivity contribution in [3.8, 4) is 0 Å². The van der Waals surface area contributed by atoms with Gasteiger partial charge in [0.05, 0.1) is 29.2 Å². The molecule has 132 valence electrons. The fourth-order valence-corrected chi connectivity index (χ4v) is 5.65. The van der Waals surface area contributed by atoms with Gasteiger partial charge in [0.25, 0.3) is 0 Å². The van der Waals surface area contributed by atoms with E-state index in [1.165, 1.54) is 0 Å². The SMILES string of the molecule is CCCn1c(=S)n(CN(C)C2CCS(=O)(=O)C2)c2cc(Cl)ccc21. The lowest BCUT2D eigenvalue weighted by Gasteiger charge is -2.23. The number of benzene rings is 1. The molecule has 2 aromatic rings. The van der Waals surface area contributed by atoms with E-state index in [0.717, 1.165) is 28.8 Å². The van der Waals surface area contributed by atoms with Crippen molar-refractivity contribution in [1.29, 1.82) is 0 Å². The molecule has 1 saturated heterocycles. The highest BCUT2D eigenvalue weighted by atomic mass is 35.5. The summed E-state index contributed by atoms with van der Waals surface area (Å²) in [6.07, 6.45) is 1.67. The van der Waals surface area contributed by atoms with Gasteiger partial charge < -0.3 is 9.13 Å². The zero-order valence-electron chi connectivity index (χ0n) is 13.9. The average molecular weight is 388 g/mol. The Labute approximate surface area is 152 Å². The summed E-state index contributed by atoms with van der Waals surface area (Å²) in [4.78, 5) is 2.08. The molecule has 1 unspecified atom stereocenters. The molecule has 0 amide bonds. The van der Waals surface area contributed by atoms with E-state index in [1.807, 2.05) is 25.2 Å². The molecule has 1 aliphatic rings. The number of hydrogen-bond acceptors (Lipinski definition) is 4. The number of nitrogens with zero attached hydrogens (tertiary/aromatic N) is 3. The topological polar surface area (TPSA) is 47.2 Å². The van der Waals surface area contributed by atoms with Crippen molar-refractivity contribution < 1.29 is 8.42 Å². The first kappa shape index (κ1) is 17.9. The van der Waals surface area contributed by atoms with Crippen LogP contribution in [0.5, 0.6) is 0 Å². The summed E-state index contributed by atoms with van der Waals surface area (Å²) in [5.41, 5.74) is 2.06. The van der Waals surface area contributed by atoms with Crippen molar-refractivity contribution >= 4 is 44.7 Å². The number of sulfone groups is 1. The van der Waals surface area contributed by atoms with Crippen LogP contribution < -0.4 is 0 Å². The third-order valence-corrected chi connectivity index (χ3v) is 7.05. The zero-order valence-corrected chi connectivity index (χ0v) is 16.3. The van der Waals surface area contributed by atoms with Crippen molar-refractivity contribution in [2.75, 3.05) is 18.6 Å². The van der Waals surface area contributed by atoms with Gasteiger partial charge in [-0.3, -0.25) is 4.90 Å². The monoisotopic (exact) mass is 387 g/mol. The molecule has 2 heterocycles. The molecule has 0 radical (unpaired) electrons. The highest BCUT2D eigenvalue weighted by Crippen LogP contribution is 2.24. The van der Waals surface area contributed by atoms with Crippen molar-refractivity contribution in [2.45, 2.75) is 39.0 Å². The molecular weight excluding hydrogens is 366 g/mol. The number of aryl methyl sites for hydroxylation is 1. The third-order valence-electron chi connectivity index (χ3n) is 4.62. The van der Waals surface area contributed by atoms with E-state index in [9.17, 15) is 8.42 Å². The fourth-order valence-electron chi connectivity index (χ4n) is 3.33. The van der Waals surface area contributed by atoms with Gasteiger partial charge in [0, 0.05) is 17.6 Å². The fraction of sp³-hybridized carbons (Fsp3) is 0.562. The molecular formula is C16H22ClN3O2S2. The molecule has 0 N–H and O–H groups in total. The molecule has 0 spiro atoms. The van der Waals surface area contributed by atoms with Gasteiger partial charge in [-0.1, -0.05) is 18.5 Å². The van der Waals surface area contributed by atoms with Crippen molar-refractivity contribution in [2.24, 2.45) is 0 Å². The first-order chi connectivity index (χ1) is 11.3. The van der Waals surface area contributed by atoms with Crippen LogP contribution >= 0.6 is 23.8 Å². The first-order valence-electron chi connectivity index (χ1n) is 8.11. The maximum atomic E-state index is 11.7. The van der Waals surface area contributed by atoms with E-state index in [1.54, 1.807) is 0 Å². The van der Waals surface area contributed by atoms with E-state index in [0.29, 0.717) is 18.1 Å². The minimum atomic E-state index is -2.90. The summed E-state index contributed by atoms with van der Waals surface area (Å²) < 4.78 is 28.4. The number of fused-ring (bicyclic) bond motifs is 1. The Bertz CT molecular complexity index is 917. The van der Waals surface area contributed by atoms with Crippen LogP contribution in [0.1, 0.15) is 19.8 Å². The number of aromatic nitrogens is 2. The second-order valence-corrected chi connectivity index (χ2v) is 9.48. The normalized spacial score (nSPS) is 20.2. The molecule has 8 heteroatoms. The second kappa shape index (κ2) is 6.78. The van der Waals surface area contributed by atoms with Crippen LogP contribution in [0.2, 0.25) is 5.02 Å². The van der Waals surface area contributed by atoms with Crippen LogP contribution in [-0.4, -0.2) is 47.0 Å². The van der Waals surface area contributed by atoms with Crippen LogP contribution in [0, 0.1) is 4.77 Å². The van der Waals surface area contributed by atoms with Crippen LogP contribution in [-0.2, 0) is 23.1 Å². The summed E-state index contributed by atoms with van der Waals surface area (Å²) in [7, 11) is -0.940. The lowest BCUT2D eigenvalue weighted by atomic mass is 10.2. The zero-order chi connectivity index (χ0) is 17.5. The Hall–Kier alpha value is -0.890. The quantitative estimate of drug-likeness (QED) is 0.738. The van der Waals surface area contributed by atoms with Crippen molar-refractivity contribution in [3.63, 3.8) is 0 Å². The molecule has 1 aliphatic heterocycles. The molecule has 24 heavy (non-hydrogen) atoms. The van der Waals surface area contributed by atoms with E-state index in [2.05, 4.69) is 21.0 Å². The van der Waals surface area contributed by atoms with Crippen LogP contribution in [0.25, 0.3) is 11.0 Å². The second-order valence-electron chi connectivity index (χ2n) is 6.45. The van der Waals surface area contributed by atoms with Gasteiger partial charge in [-0.15, -0.1) is 0 Å². The van der Waals surface area contributed by atoms with E-state index >= 15 is 0 Å².